The molecule has 3 amide bonds. The van der Waals surface area contributed by atoms with Crippen molar-refractivity contribution in [2.24, 2.45) is 0 Å². The van der Waals surface area contributed by atoms with Gasteiger partial charge in [-0.15, -0.1) is 11.3 Å². The van der Waals surface area contributed by atoms with Crippen LogP contribution in [0.1, 0.15) is 47.0 Å². The lowest BCUT2D eigenvalue weighted by Crippen LogP contribution is -2.35. The van der Waals surface area contributed by atoms with Gasteiger partial charge in [0.15, 0.2) is 0 Å². The second-order valence-electron chi connectivity index (χ2n) is 6.84. The van der Waals surface area contributed by atoms with Crippen LogP contribution >= 0.6 is 11.3 Å². The molecule has 6 heteroatoms. The fraction of sp³-hybridized carbons (Fsp3) is 0.400. The molecule has 2 aliphatic rings. The van der Waals surface area contributed by atoms with Gasteiger partial charge in [0.2, 0.25) is 0 Å². The van der Waals surface area contributed by atoms with Crippen molar-refractivity contribution < 1.29 is 9.59 Å². The van der Waals surface area contributed by atoms with Gasteiger partial charge in [-0.05, 0) is 49.3 Å². The normalized spacial score (nSPS) is 19.8. The fourth-order valence-corrected chi connectivity index (χ4v) is 4.72. The zero-order valence-electron chi connectivity index (χ0n) is 14.7. The molecule has 4 rings (SSSR count). The Labute approximate surface area is 157 Å². The molecule has 2 fully saturated rings. The van der Waals surface area contributed by atoms with Gasteiger partial charge >= 0.3 is 6.03 Å². The molecule has 2 saturated heterocycles. The Hall–Kier alpha value is -2.34. The molecule has 0 bridgehead atoms. The molecule has 136 valence electrons. The molecule has 0 aliphatic carbocycles. The van der Waals surface area contributed by atoms with Crippen LogP contribution in [0.25, 0.3) is 0 Å². The lowest BCUT2D eigenvalue weighted by atomic mass is 10.1. The number of thiophene rings is 1. The molecule has 2 aromatic rings. The Bertz CT molecular complexity index is 784. The third kappa shape index (κ3) is 3.33. The van der Waals surface area contributed by atoms with Gasteiger partial charge < -0.3 is 15.1 Å². The predicted octanol–water partition coefficient (Wildman–Crippen LogP) is 4.35. The lowest BCUT2D eigenvalue weighted by Gasteiger charge is -2.25. The van der Waals surface area contributed by atoms with E-state index in [-0.39, 0.29) is 18.0 Å². The quantitative estimate of drug-likeness (QED) is 0.874. The molecule has 1 N–H and O–H groups in total. The Balaban J connectivity index is 1.52. The summed E-state index contributed by atoms with van der Waals surface area (Å²) in [6.45, 7) is 2.35. The number of anilines is 1. The first-order valence-corrected chi connectivity index (χ1v) is 10.1. The number of nitrogens with zero attached hydrogens (tertiary/aromatic N) is 2. The number of likely N-dealkylation sites (tertiary alicyclic amines) is 2. The van der Waals surface area contributed by atoms with E-state index in [1.165, 1.54) is 4.88 Å². The number of hydrogen-bond donors (Lipinski definition) is 1. The molecule has 1 aromatic heterocycles. The molecule has 5 nitrogen and oxygen atoms in total. The van der Waals surface area contributed by atoms with Crippen molar-refractivity contribution >= 4 is 29.0 Å². The Morgan fingerprint density at radius 3 is 2.58 bits per heavy atom. The Morgan fingerprint density at radius 1 is 1.00 bits per heavy atom. The van der Waals surface area contributed by atoms with Crippen LogP contribution in [0.5, 0.6) is 0 Å². The van der Waals surface area contributed by atoms with Crippen molar-refractivity contribution in [1.82, 2.24) is 9.80 Å². The zero-order chi connectivity index (χ0) is 17.9. The monoisotopic (exact) mass is 369 g/mol. The first-order valence-electron chi connectivity index (χ1n) is 9.23. The van der Waals surface area contributed by atoms with Gasteiger partial charge in [0, 0.05) is 24.5 Å². The SMILES string of the molecule is O=C(c1ccccc1NC(=O)N1CCC[C@@H]1c1cccs1)N1CCCC1. The van der Waals surface area contributed by atoms with E-state index in [9.17, 15) is 9.59 Å². The largest absolute Gasteiger partial charge is 0.339 e. The van der Waals surface area contributed by atoms with Gasteiger partial charge in [-0.2, -0.15) is 0 Å². The van der Waals surface area contributed by atoms with Crippen LogP contribution in [0, 0.1) is 0 Å². The number of carbonyl (C=O) groups is 2. The average Bonchev–Trinajstić information content (AvgIpc) is 3.43. The van der Waals surface area contributed by atoms with Gasteiger partial charge in [0.1, 0.15) is 0 Å². The fourth-order valence-electron chi connectivity index (χ4n) is 3.84. The first kappa shape index (κ1) is 17.1. The van der Waals surface area contributed by atoms with E-state index in [0.717, 1.165) is 45.3 Å². The second-order valence-corrected chi connectivity index (χ2v) is 7.82. The maximum absolute atomic E-state index is 12.9. The molecule has 0 radical (unpaired) electrons. The second kappa shape index (κ2) is 7.50. The van der Waals surface area contributed by atoms with E-state index >= 15 is 0 Å². The summed E-state index contributed by atoms with van der Waals surface area (Å²) in [7, 11) is 0. The lowest BCUT2D eigenvalue weighted by molar-refractivity contribution is 0.0794. The topological polar surface area (TPSA) is 52.7 Å². The third-order valence-corrected chi connectivity index (χ3v) is 6.15. The minimum absolute atomic E-state index is 0.00892. The van der Waals surface area contributed by atoms with E-state index in [1.807, 2.05) is 39.4 Å². The van der Waals surface area contributed by atoms with Gasteiger partial charge in [0.25, 0.3) is 5.91 Å². The number of nitrogens with one attached hydrogen (secondary N) is 1. The smallest absolute Gasteiger partial charge is 0.322 e. The Morgan fingerprint density at radius 2 is 1.81 bits per heavy atom. The standard InChI is InChI=1S/C20H23N3O2S/c24-19(22-11-3-4-12-22)15-7-1-2-8-16(15)21-20(25)23-13-5-9-17(23)18-10-6-14-26-18/h1-2,6-8,10,14,17H,3-5,9,11-13H2,(H,21,25)/t17-/m1/s1. The number of amides is 3. The summed E-state index contributed by atoms with van der Waals surface area (Å²) in [4.78, 5) is 30.7. The highest BCUT2D eigenvalue weighted by Crippen LogP contribution is 2.35. The highest BCUT2D eigenvalue weighted by Gasteiger charge is 2.31. The molecular formula is C20H23N3O2S. The maximum Gasteiger partial charge on any atom is 0.322 e. The molecule has 3 heterocycles. The van der Waals surface area contributed by atoms with E-state index in [2.05, 4.69) is 11.4 Å². The summed E-state index contributed by atoms with van der Waals surface area (Å²) in [5, 5.41) is 5.04. The van der Waals surface area contributed by atoms with Crippen LogP contribution in [0.4, 0.5) is 10.5 Å². The molecule has 1 aromatic carbocycles. The van der Waals surface area contributed by atoms with Crippen molar-refractivity contribution in [3.8, 4) is 0 Å². The Kier molecular flexibility index (Phi) is 4.93. The number of para-hydroxylation sites is 1. The number of rotatable bonds is 3. The predicted molar refractivity (Wildman–Crippen MR) is 104 cm³/mol. The van der Waals surface area contributed by atoms with Crippen LogP contribution in [0.15, 0.2) is 41.8 Å². The van der Waals surface area contributed by atoms with Gasteiger partial charge in [-0.25, -0.2) is 4.79 Å². The minimum atomic E-state index is -0.123. The maximum atomic E-state index is 12.9. The number of carbonyl (C=O) groups excluding carboxylic acids is 2. The van der Waals surface area contributed by atoms with Gasteiger partial charge in [-0.3, -0.25) is 4.79 Å². The summed E-state index contributed by atoms with van der Waals surface area (Å²) < 4.78 is 0. The van der Waals surface area contributed by atoms with Crippen molar-refractivity contribution in [2.75, 3.05) is 25.0 Å². The summed E-state index contributed by atoms with van der Waals surface area (Å²) in [5.74, 6) is 0.00892. The molecule has 0 unspecified atom stereocenters. The van der Waals surface area contributed by atoms with Crippen LogP contribution in [-0.2, 0) is 0 Å². The van der Waals surface area contributed by atoms with Crippen LogP contribution < -0.4 is 5.32 Å². The van der Waals surface area contributed by atoms with E-state index in [0.29, 0.717) is 11.3 Å². The van der Waals surface area contributed by atoms with Crippen molar-refractivity contribution in [3.63, 3.8) is 0 Å². The average molecular weight is 369 g/mol. The van der Waals surface area contributed by atoms with E-state index in [4.69, 9.17) is 0 Å². The molecule has 26 heavy (non-hydrogen) atoms. The van der Waals surface area contributed by atoms with Gasteiger partial charge in [-0.1, -0.05) is 18.2 Å². The van der Waals surface area contributed by atoms with Gasteiger partial charge in [0.05, 0.1) is 17.3 Å². The first-order chi connectivity index (χ1) is 12.7. The van der Waals surface area contributed by atoms with Crippen molar-refractivity contribution in [1.29, 1.82) is 0 Å². The molecular weight excluding hydrogens is 346 g/mol. The molecule has 0 spiro atoms. The highest BCUT2D eigenvalue weighted by molar-refractivity contribution is 7.10. The molecule has 1 atom stereocenters. The molecule has 2 aliphatic heterocycles. The van der Waals surface area contributed by atoms with E-state index < -0.39 is 0 Å². The minimum Gasteiger partial charge on any atom is -0.339 e. The van der Waals surface area contributed by atoms with Crippen LogP contribution in [-0.4, -0.2) is 41.4 Å². The zero-order valence-corrected chi connectivity index (χ0v) is 15.5. The van der Waals surface area contributed by atoms with Crippen LogP contribution in [0.2, 0.25) is 0 Å². The summed E-state index contributed by atoms with van der Waals surface area (Å²) >= 11 is 1.69. The van der Waals surface area contributed by atoms with E-state index in [1.54, 1.807) is 17.4 Å². The highest BCUT2D eigenvalue weighted by atomic mass is 32.1. The summed E-state index contributed by atoms with van der Waals surface area (Å²) in [6.07, 6.45) is 4.10. The number of urea groups is 1. The number of benzene rings is 1. The van der Waals surface area contributed by atoms with Crippen molar-refractivity contribution in [3.05, 3.63) is 52.2 Å². The summed E-state index contributed by atoms with van der Waals surface area (Å²) in [5.41, 5.74) is 1.18. The molecule has 0 saturated carbocycles. The summed E-state index contributed by atoms with van der Waals surface area (Å²) in [6, 6.07) is 11.5. The number of hydrogen-bond acceptors (Lipinski definition) is 3. The third-order valence-electron chi connectivity index (χ3n) is 5.18. The van der Waals surface area contributed by atoms with Crippen molar-refractivity contribution in [2.45, 2.75) is 31.7 Å². The van der Waals surface area contributed by atoms with Crippen LogP contribution in [0.3, 0.4) is 0 Å².